The number of thioether (sulfide) groups is 1. The molecule has 0 fully saturated rings. The van der Waals surface area contributed by atoms with Crippen LogP contribution in [0.15, 0.2) is 5.16 Å². The molecule has 0 aliphatic carbocycles. The molecule has 2 rings (SSSR count). The van der Waals surface area contributed by atoms with E-state index < -0.39 is 0 Å². The summed E-state index contributed by atoms with van der Waals surface area (Å²) < 4.78 is 7.26. The van der Waals surface area contributed by atoms with Crippen LogP contribution in [0.4, 0.5) is 11.9 Å². The third-order valence-electron chi connectivity index (χ3n) is 2.99. The van der Waals surface area contributed by atoms with Crippen LogP contribution >= 0.6 is 11.8 Å². The summed E-state index contributed by atoms with van der Waals surface area (Å²) in [6, 6.07) is 0. The molecule has 8 nitrogen and oxygen atoms in total. The van der Waals surface area contributed by atoms with Crippen molar-refractivity contribution in [1.82, 2.24) is 24.5 Å². The lowest BCUT2D eigenvalue weighted by Gasteiger charge is -2.09. The molecule has 0 unspecified atom stereocenters. The van der Waals surface area contributed by atoms with Crippen molar-refractivity contribution in [3.8, 4) is 0 Å². The van der Waals surface area contributed by atoms with Gasteiger partial charge in [0.25, 0.3) is 0 Å². The van der Waals surface area contributed by atoms with Crippen molar-refractivity contribution in [3.63, 3.8) is 0 Å². The zero-order valence-electron chi connectivity index (χ0n) is 12.3. The number of aryl methyl sites for hydroxylation is 1. The number of nitrogens with two attached hydrogens (primary N) is 2. The highest BCUT2D eigenvalue weighted by Crippen LogP contribution is 2.23. The van der Waals surface area contributed by atoms with E-state index in [0.29, 0.717) is 18.2 Å². The van der Waals surface area contributed by atoms with Gasteiger partial charge in [0.1, 0.15) is 5.82 Å². The Hall–Kier alpha value is -1.87. The van der Waals surface area contributed by atoms with Crippen LogP contribution in [0.1, 0.15) is 17.2 Å². The van der Waals surface area contributed by atoms with Gasteiger partial charge in [-0.15, -0.1) is 0 Å². The van der Waals surface area contributed by atoms with Gasteiger partial charge < -0.3 is 20.8 Å². The van der Waals surface area contributed by atoms with Crippen LogP contribution in [0, 0.1) is 13.8 Å². The fourth-order valence-corrected chi connectivity index (χ4v) is 2.80. The molecular weight excluding hydrogens is 290 g/mol. The fraction of sp³-hybridized carbons (Fsp3) is 0.500. The molecule has 4 N–H and O–H groups in total. The van der Waals surface area contributed by atoms with Gasteiger partial charge >= 0.3 is 0 Å². The summed E-state index contributed by atoms with van der Waals surface area (Å²) in [5, 5.41) is 0.902. The molecule has 114 valence electrons. The van der Waals surface area contributed by atoms with Gasteiger partial charge in [0.15, 0.2) is 5.16 Å². The molecule has 2 aromatic heterocycles. The number of imidazole rings is 1. The summed E-state index contributed by atoms with van der Waals surface area (Å²) in [4.78, 5) is 16.4. The smallest absolute Gasteiger partial charge is 0.225 e. The first-order chi connectivity index (χ1) is 10.0. The number of nitrogen functional groups attached to an aromatic ring is 2. The largest absolute Gasteiger partial charge is 0.383 e. The van der Waals surface area contributed by atoms with E-state index in [2.05, 4.69) is 24.5 Å². The minimum Gasteiger partial charge on any atom is -0.383 e. The molecule has 0 spiro atoms. The van der Waals surface area contributed by atoms with Crippen molar-refractivity contribution in [2.75, 3.05) is 25.2 Å². The van der Waals surface area contributed by atoms with Crippen molar-refractivity contribution in [3.05, 3.63) is 17.2 Å². The Morgan fingerprint density at radius 3 is 2.38 bits per heavy atom. The number of rotatable bonds is 6. The normalized spacial score (nSPS) is 11.0. The summed E-state index contributed by atoms with van der Waals surface area (Å²) in [7, 11) is 1.68. The van der Waals surface area contributed by atoms with Gasteiger partial charge in [-0.05, 0) is 13.8 Å². The SMILES string of the molecule is COCCn1c(SCc2nc(N)nc(N)n2)nc(C)c1C. The molecule has 0 amide bonds. The van der Waals surface area contributed by atoms with Crippen LogP contribution < -0.4 is 11.5 Å². The molecule has 0 atom stereocenters. The third kappa shape index (κ3) is 3.82. The van der Waals surface area contributed by atoms with Crippen LogP contribution in [0.3, 0.4) is 0 Å². The van der Waals surface area contributed by atoms with Crippen molar-refractivity contribution in [1.29, 1.82) is 0 Å². The number of methoxy groups -OCH3 is 1. The van der Waals surface area contributed by atoms with E-state index in [4.69, 9.17) is 16.2 Å². The summed E-state index contributed by atoms with van der Waals surface area (Å²) >= 11 is 1.54. The first-order valence-electron chi connectivity index (χ1n) is 6.42. The molecule has 0 radical (unpaired) electrons. The first kappa shape index (κ1) is 15.5. The molecule has 21 heavy (non-hydrogen) atoms. The second-order valence-electron chi connectivity index (χ2n) is 4.47. The van der Waals surface area contributed by atoms with Crippen LogP contribution in [0.25, 0.3) is 0 Å². The van der Waals surface area contributed by atoms with Crippen molar-refractivity contribution in [2.45, 2.75) is 31.3 Å². The predicted molar refractivity (Wildman–Crippen MR) is 81.8 cm³/mol. The Morgan fingerprint density at radius 1 is 1.10 bits per heavy atom. The maximum Gasteiger partial charge on any atom is 0.225 e. The summed E-state index contributed by atoms with van der Waals surface area (Å²) in [6.45, 7) is 5.42. The minimum absolute atomic E-state index is 0.133. The number of aromatic nitrogens is 5. The van der Waals surface area contributed by atoms with Gasteiger partial charge in [0.05, 0.1) is 18.1 Å². The van der Waals surface area contributed by atoms with Crippen molar-refractivity contribution >= 4 is 23.7 Å². The van der Waals surface area contributed by atoms with Gasteiger partial charge in [0.2, 0.25) is 11.9 Å². The Labute approximate surface area is 127 Å². The first-order valence-corrected chi connectivity index (χ1v) is 7.41. The number of hydrogen-bond donors (Lipinski definition) is 2. The Bertz CT molecular complexity index is 608. The van der Waals surface area contributed by atoms with Crippen LogP contribution in [-0.4, -0.2) is 38.2 Å². The fourth-order valence-electron chi connectivity index (χ4n) is 1.83. The lowest BCUT2D eigenvalue weighted by Crippen LogP contribution is -2.08. The quantitative estimate of drug-likeness (QED) is 0.752. The van der Waals surface area contributed by atoms with E-state index in [1.54, 1.807) is 7.11 Å². The van der Waals surface area contributed by atoms with E-state index in [1.807, 2.05) is 13.8 Å². The van der Waals surface area contributed by atoms with Gasteiger partial charge in [-0.25, -0.2) is 4.98 Å². The summed E-state index contributed by atoms with van der Waals surface area (Å²) in [5.41, 5.74) is 13.3. The summed E-state index contributed by atoms with van der Waals surface area (Å²) in [5.74, 6) is 1.34. The molecule has 0 aromatic carbocycles. The Morgan fingerprint density at radius 2 is 1.76 bits per heavy atom. The molecule has 9 heteroatoms. The van der Waals surface area contributed by atoms with Gasteiger partial charge in [-0.2, -0.15) is 15.0 Å². The average Bonchev–Trinajstić information content (AvgIpc) is 2.69. The lowest BCUT2D eigenvalue weighted by molar-refractivity contribution is 0.184. The second kappa shape index (κ2) is 6.72. The molecule has 0 aliphatic heterocycles. The number of anilines is 2. The minimum atomic E-state index is 0.133. The van der Waals surface area contributed by atoms with Crippen LogP contribution in [0.5, 0.6) is 0 Å². The zero-order chi connectivity index (χ0) is 15.4. The lowest BCUT2D eigenvalue weighted by atomic mass is 10.4. The van der Waals surface area contributed by atoms with E-state index in [-0.39, 0.29) is 11.9 Å². The monoisotopic (exact) mass is 309 g/mol. The second-order valence-corrected chi connectivity index (χ2v) is 5.41. The van der Waals surface area contributed by atoms with Crippen LogP contribution in [-0.2, 0) is 17.0 Å². The average molecular weight is 309 g/mol. The van der Waals surface area contributed by atoms with E-state index in [0.717, 1.165) is 23.1 Å². The molecule has 0 saturated carbocycles. The molecular formula is C12H19N7OS. The number of hydrogen-bond acceptors (Lipinski definition) is 8. The maximum atomic E-state index is 5.56. The van der Waals surface area contributed by atoms with E-state index in [1.165, 1.54) is 11.8 Å². The maximum absolute atomic E-state index is 5.56. The molecule has 0 aliphatic rings. The standard InChI is InChI=1S/C12H19N7OS/c1-7-8(2)19(4-5-20-3)12(15-7)21-6-9-16-10(13)18-11(14)17-9/h4-6H2,1-3H3,(H4,13,14,16,17,18). The van der Waals surface area contributed by atoms with Gasteiger partial charge in [0, 0.05) is 19.3 Å². The molecule has 2 aromatic rings. The zero-order valence-corrected chi connectivity index (χ0v) is 13.1. The molecule has 2 heterocycles. The van der Waals surface area contributed by atoms with Crippen LogP contribution in [0.2, 0.25) is 0 Å². The van der Waals surface area contributed by atoms with Crippen molar-refractivity contribution < 1.29 is 4.74 Å². The Balaban J connectivity index is 2.13. The number of nitrogens with zero attached hydrogens (tertiary/aromatic N) is 5. The van der Waals surface area contributed by atoms with E-state index >= 15 is 0 Å². The highest BCUT2D eigenvalue weighted by Gasteiger charge is 2.12. The predicted octanol–water partition coefficient (Wildman–Crippen LogP) is 0.788. The van der Waals surface area contributed by atoms with Crippen molar-refractivity contribution in [2.24, 2.45) is 0 Å². The molecule has 0 saturated heterocycles. The highest BCUT2D eigenvalue weighted by atomic mass is 32.2. The Kier molecular flexibility index (Phi) is 4.97. The topological polar surface area (TPSA) is 118 Å². The van der Waals surface area contributed by atoms with E-state index in [9.17, 15) is 0 Å². The number of ether oxygens (including phenoxy) is 1. The third-order valence-corrected chi connectivity index (χ3v) is 3.96. The highest BCUT2D eigenvalue weighted by molar-refractivity contribution is 7.98. The summed E-state index contributed by atoms with van der Waals surface area (Å²) in [6.07, 6.45) is 0. The molecule has 0 bridgehead atoms. The van der Waals surface area contributed by atoms with Gasteiger partial charge in [-0.3, -0.25) is 0 Å². The van der Waals surface area contributed by atoms with Gasteiger partial charge in [-0.1, -0.05) is 11.8 Å².